The van der Waals surface area contributed by atoms with Gasteiger partial charge >= 0.3 is 12.2 Å². The number of aliphatic hydroxyl groups excluding tert-OH is 1. The second kappa shape index (κ2) is 18.7. The highest BCUT2D eigenvalue weighted by Crippen LogP contribution is 2.20. The Balaban J connectivity index is 0.000000288. The zero-order valence-corrected chi connectivity index (χ0v) is 28.0. The summed E-state index contributed by atoms with van der Waals surface area (Å²) in [4.78, 5) is 36.4. The van der Waals surface area contributed by atoms with Crippen LogP contribution >= 0.6 is 0 Å². The standard InChI is InChI=1S/C16H25N3O2.C16H21N3O2.C2H6O/c2*1-16(2,3)21-15(20)18-11-5-7-13-9-8-12-6-4-10-17-14(12)19-13;1-2-3/h8-9H,4-7,10-11H2,1-3H3,(H,17,19)(H,18,20);4,6,8-10H,5,7,11H2,1-3H3,(H,18,20);3H,2H2,1H3. The number of hydrogen-bond acceptors (Lipinski definition) is 9. The second-order valence-corrected chi connectivity index (χ2v) is 12.6. The molecule has 3 aromatic rings. The smallest absolute Gasteiger partial charge is 0.407 e. The van der Waals surface area contributed by atoms with Crippen molar-refractivity contribution < 1.29 is 24.2 Å². The fraction of sp³-hybridized carbons (Fsp3) is 0.559. The number of aryl methyl sites for hydroxylation is 3. The van der Waals surface area contributed by atoms with Gasteiger partial charge in [-0.15, -0.1) is 0 Å². The summed E-state index contributed by atoms with van der Waals surface area (Å²) in [6.45, 7) is 15.2. The fourth-order valence-electron chi connectivity index (χ4n) is 4.19. The number of anilines is 1. The molecule has 1 aliphatic heterocycles. The van der Waals surface area contributed by atoms with Crippen LogP contribution in [0.2, 0.25) is 0 Å². The molecule has 4 N–H and O–H groups in total. The van der Waals surface area contributed by atoms with E-state index in [9.17, 15) is 9.59 Å². The number of amides is 2. The molecule has 3 aromatic heterocycles. The molecule has 0 unspecified atom stereocenters. The Morgan fingerprint density at radius 2 is 1.42 bits per heavy atom. The average Bonchev–Trinajstić information content (AvgIpc) is 2.96. The van der Waals surface area contributed by atoms with E-state index in [1.54, 1.807) is 13.1 Å². The number of nitrogens with one attached hydrogen (secondary N) is 3. The van der Waals surface area contributed by atoms with Gasteiger partial charge in [-0.3, -0.25) is 0 Å². The summed E-state index contributed by atoms with van der Waals surface area (Å²) in [5.41, 5.74) is 3.19. The molecule has 0 saturated heterocycles. The monoisotopic (exact) mass is 624 g/mol. The number of rotatable bonds is 8. The van der Waals surface area contributed by atoms with Crippen molar-refractivity contribution in [3.8, 4) is 0 Å². The van der Waals surface area contributed by atoms with Crippen molar-refractivity contribution >= 4 is 29.0 Å². The molecular formula is C34H52N6O5. The molecule has 2 amide bonds. The van der Waals surface area contributed by atoms with Crippen molar-refractivity contribution in [2.75, 3.05) is 31.6 Å². The minimum atomic E-state index is -0.463. The Morgan fingerprint density at radius 1 is 0.867 bits per heavy atom. The summed E-state index contributed by atoms with van der Waals surface area (Å²) in [5, 5.41) is 17.5. The first kappa shape index (κ1) is 37.2. The van der Waals surface area contributed by atoms with Gasteiger partial charge < -0.3 is 30.5 Å². The lowest BCUT2D eigenvalue weighted by molar-refractivity contribution is 0.0515. The lowest BCUT2D eigenvalue weighted by Gasteiger charge is -2.19. The van der Waals surface area contributed by atoms with Gasteiger partial charge in [-0.25, -0.2) is 24.5 Å². The largest absolute Gasteiger partial charge is 0.444 e. The van der Waals surface area contributed by atoms with Gasteiger partial charge in [0.05, 0.1) is 0 Å². The zero-order chi connectivity index (χ0) is 33.3. The molecule has 1 aliphatic rings. The van der Waals surface area contributed by atoms with Gasteiger partial charge in [0.1, 0.15) is 17.0 Å². The molecule has 0 radical (unpaired) electrons. The average molecular weight is 625 g/mol. The molecule has 248 valence electrons. The molecule has 0 aliphatic carbocycles. The molecule has 11 heteroatoms. The topological polar surface area (TPSA) is 148 Å². The molecule has 45 heavy (non-hydrogen) atoms. The number of aliphatic hydroxyl groups is 1. The second-order valence-electron chi connectivity index (χ2n) is 12.6. The van der Waals surface area contributed by atoms with Crippen LogP contribution in [0.4, 0.5) is 15.4 Å². The minimum absolute atomic E-state index is 0.250. The van der Waals surface area contributed by atoms with Crippen molar-refractivity contribution in [1.29, 1.82) is 0 Å². The van der Waals surface area contributed by atoms with Crippen LogP contribution in [0, 0.1) is 0 Å². The SMILES string of the molecule is CC(C)(C)OC(=O)NCCCc1ccc2c(n1)NCCC2.CC(C)(C)OC(=O)NCCCc1ccc2cccnc2n1.CCO. The zero-order valence-electron chi connectivity index (χ0n) is 28.0. The highest BCUT2D eigenvalue weighted by Gasteiger charge is 2.16. The van der Waals surface area contributed by atoms with E-state index in [0.29, 0.717) is 13.1 Å². The summed E-state index contributed by atoms with van der Waals surface area (Å²) in [7, 11) is 0. The van der Waals surface area contributed by atoms with Gasteiger partial charge in [-0.2, -0.15) is 0 Å². The van der Waals surface area contributed by atoms with E-state index in [0.717, 1.165) is 66.9 Å². The predicted molar refractivity (Wildman–Crippen MR) is 178 cm³/mol. The molecule has 0 spiro atoms. The van der Waals surface area contributed by atoms with E-state index in [1.807, 2.05) is 65.8 Å². The van der Waals surface area contributed by atoms with Crippen LogP contribution in [0.3, 0.4) is 0 Å². The maximum Gasteiger partial charge on any atom is 0.407 e. The van der Waals surface area contributed by atoms with E-state index in [4.69, 9.17) is 14.6 Å². The van der Waals surface area contributed by atoms with Gasteiger partial charge in [0.2, 0.25) is 0 Å². The Kier molecular flexibility index (Phi) is 15.5. The molecule has 0 atom stereocenters. The lowest BCUT2D eigenvalue weighted by Crippen LogP contribution is -2.33. The minimum Gasteiger partial charge on any atom is -0.444 e. The normalized spacial score (nSPS) is 12.3. The Hall–Kier alpha value is -3.99. The first-order chi connectivity index (χ1) is 21.3. The van der Waals surface area contributed by atoms with Crippen LogP contribution in [0.25, 0.3) is 11.0 Å². The number of alkyl carbamates (subject to hydrolysis) is 2. The van der Waals surface area contributed by atoms with Crippen LogP contribution in [0.5, 0.6) is 0 Å². The third-order valence-electron chi connectivity index (χ3n) is 6.03. The van der Waals surface area contributed by atoms with Crippen molar-refractivity contribution in [3.63, 3.8) is 0 Å². The molecule has 4 heterocycles. The lowest BCUT2D eigenvalue weighted by atomic mass is 10.1. The molecule has 0 fully saturated rings. The van der Waals surface area contributed by atoms with E-state index < -0.39 is 11.2 Å². The molecule has 0 aromatic carbocycles. The highest BCUT2D eigenvalue weighted by molar-refractivity contribution is 5.74. The van der Waals surface area contributed by atoms with E-state index in [2.05, 4.69) is 43.0 Å². The van der Waals surface area contributed by atoms with E-state index in [-0.39, 0.29) is 18.8 Å². The summed E-state index contributed by atoms with van der Waals surface area (Å²) >= 11 is 0. The van der Waals surface area contributed by atoms with Crippen LogP contribution in [-0.4, -0.2) is 69.7 Å². The predicted octanol–water partition coefficient (Wildman–Crippen LogP) is 5.98. The van der Waals surface area contributed by atoms with Gasteiger partial charge in [0.15, 0.2) is 5.65 Å². The van der Waals surface area contributed by atoms with Crippen molar-refractivity contribution in [2.24, 2.45) is 0 Å². The molecule has 4 rings (SSSR count). The quantitative estimate of drug-likeness (QED) is 0.222. The third-order valence-corrected chi connectivity index (χ3v) is 6.03. The Labute approximate surface area is 267 Å². The fourth-order valence-corrected chi connectivity index (χ4v) is 4.19. The number of carbonyl (C=O) groups is 2. The Bertz CT molecular complexity index is 1340. The maximum atomic E-state index is 11.5. The van der Waals surface area contributed by atoms with Gasteiger partial charge in [0, 0.05) is 49.2 Å². The number of nitrogens with zero attached hydrogens (tertiary/aromatic N) is 3. The molecule has 11 nitrogen and oxygen atoms in total. The van der Waals surface area contributed by atoms with Gasteiger partial charge in [0.25, 0.3) is 0 Å². The van der Waals surface area contributed by atoms with Gasteiger partial charge in [-0.05, 0) is 123 Å². The van der Waals surface area contributed by atoms with Gasteiger partial charge in [-0.1, -0.05) is 6.07 Å². The summed E-state index contributed by atoms with van der Waals surface area (Å²) in [6, 6.07) is 12.1. The number of hydrogen-bond donors (Lipinski definition) is 4. The number of ether oxygens (including phenoxy) is 2. The van der Waals surface area contributed by atoms with E-state index >= 15 is 0 Å². The van der Waals surface area contributed by atoms with Crippen LogP contribution in [-0.2, 0) is 28.7 Å². The summed E-state index contributed by atoms with van der Waals surface area (Å²) in [5.74, 6) is 1.03. The number of fused-ring (bicyclic) bond motifs is 2. The maximum absolute atomic E-state index is 11.5. The van der Waals surface area contributed by atoms with Crippen LogP contribution < -0.4 is 16.0 Å². The summed E-state index contributed by atoms with van der Waals surface area (Å²) < 4.78 is 10.4. The van der Waals surface area contributed by atoms with Crippen molar-refractivity contribution in [1.82, 2.24) is 25.6 Å². The molecule has 0 saturated carbocycles. The van der Waals surface area contributed by atoms with Crippen LogP contribution in [0.1, 0.15) is 84.7 Å². The van der Waals surface area contributed by atoms with Crippen molar-refractivity contribution in [2.45, 2.75) is 98.2 Å². The molecular weight excluding hydrogens is 572 g/mol. The summed E-state index contributed by atoms with van der Waals surface area (Å²) in [6.07, 6.45) is 6.59. The highest BCUT2D eigenvalue weighted by atomic mass is 16.6. The van der Waals surface area contributed by atoms with Crippen molar-refractivity contribution in [3.05, 3.63) is 59.5 Å². The number of pyridine rings is 3. The third kappa shape index (κ3) is 16.1. The van der Waals surface area contributed by atoms with Crippen LogP contribution in [0.15, 0.2) is 42.6 Å². The Morgan fingerprint density at radius 3 is 2.00 bits per heavy atom. The first-order valence-electron chi connectivity index (χ1n) is 15.8. The first-order valence-corrected chi connectivity index (χ1v) is 15.8. The number of aromatic nitrogens is 3. The van der Waals surface area contributed by atoms with E-state index in [1.165, 1.54) is 12.0 Å². The number of carbonyl (C=O) groups excluding carboxylic acids is 2. The molecule has 0 bridgehead atoms.